The van der Waals surface area contributed by atoms with Gasteiger partial charge in [-0.2, -0.15) is 0 Å². The lowest BCUT2D eigenvalue weighted by molar-refractivity contribution is 0.324. The van der Waals surface area contributed by atoms with Crippen LogP contribution in [0, 0.1) is 5.82 Å². The molecule has 0 bridgehead atoms. The van der Waals surface area contributed by atoms with E-state index >= 15 is 0 Å². The number of methoxy groups -OCH3 is 3. The number of thioether (sulfide) groups is 1. The van der Waals surface area contributed by atoms with Gasteiger partial charge in [-0.25, -0.2) is 4.39 Å². The van der Waals surface area contributed by atoms with E-state index in [1.807, 2.05) is 0 Å². The Morgan fingerprint density at radius 2 is 1.70 bits per heavy atom. The SMILES string of the molecule is COc1cc(-c2nnc(CSc3nnc(NCc4ccc(F)cc4)s3)o2)cc(OC)c1OC. The molecular weight excluding hydrogens is 469 g/mol. The standard InChI is InChI=1S/C21H20FN5O4S2/c1-28-15-8-13(9-16(29-2)18(15)30-3)19-25-24-17(31-19)11-32-21-27-26-20(33-21)23-10-12-4-6-14(22)7-5-12/h4-9H,10-11H2,1-3H3,(H,23,26). The van der Waals surface area contributed by atoms with E-state index in [1.165, 1.54) is 35.2 Å². The number of benzene rings is 2. The zero-order chi connectivity index (χ0) is 23.2. The molecule has 33 heavy (non-hydrogen) atoms. The maximum Gasteiger partial charge on any atom is 0.248 e. The molecule has 0 aliphatic carbocycles. The molecule has 0 radical (unpaired) electrons. The van der Waals surface area contributed by atoms with E-state index in [0.29, 0.717) is 52.0 Å². The van der Waals surface area contributed by atoms with Crippen LogP contribution in [0.15, 0.2) is 45.2 Å². The summed E-state index contributed by atoms with van der Waals surface area (Å²) in [4.78, 5) is 0. The van der Waals surface area contributed by atoms with Crippen LogP contribution >= 0.6 is 23.1 Å². The highest BCUT2D eigenvalue weighted by molar-refractivity contribution is 8.00. The molecule has 9 nitrogen and oxygen atoms in total. The normalized spacial score (nSPS) is 10.8. The third-order valence-corrected chi connectivity index (χ3v) is 6.46. The maximum atomic E-state index is 13.0. The van der Waals surface area contributed by atoms with E-state index in [4.69, 9.17) is 18.6 Å². The minimum Gasteiger partial charge on any atom is -0.493 e. The van der Waals surface area contributed by atoms with Crippen LogP contribution in [0.4, 0.5) is 9.52 Å². The highest BCUT2D eigenvalue weighted by Crippen LogP contribution is 2.41. The van der Waals surface area contributed by atoms with Gasteiger partial charge in [0.15, 0.2) is 15.8 Å². The second kappa shape index (κ2) is 10.5. The van der Waals surface area contributed by atoms with Crippen LogP contribution in [-0.4, -0.2) is 41.7 Å². The van der Waals surface area contributed by atoms with Crippen LogP contribution in [0.1, 0.15) is 11.5 Å². The molecular formula is C21H20FN5O4S2. The molecule has 2 heterocycles. The van der Waals surface area contributed by atoms with Crippen molar-refractivity contribution in [2.45, 2.75) is 16.6 Å². The molecule has 0 spiro atoms. The predicted molar refractivity (Wildman–Crippen MR) is 123 cm³/mol. The summed E-state index contributed by atoms with van der Waals surface area (Å²) in [5.41, 5.74) is 1.60. The van der Waals surface area contributed by atoms with Crippen molar-refractivity contribution in [1.82, 2.24) is 20.4 Å². The number of nitrogens with zero attached hydrogens (tertiary/aromatic N) is 4. The average molecular weight is 490 g/mol. The number of hydrogen-bond acceptors (Lipinski definition) is 11. The van der Waals surface area contributed by atoms with Crippen molar-refractivity contribution in [3.05, 3.63) is 53.7 Å². The van der Waals surface area contributed by atoms with Crippen LogP contribution in [0.25, 0.3) is 11.5 Å². The number of ether oxygens (including phenoxy) is 3. The van der Waals surface area contributed by atoms with Gasteiger partial charge >= 0.3 is 0 Å². The van der Waals surface area contributed by atoms with Gasteiger partial charge in [-0.3, -0.25) is 0 Å². The molecule has 0 aliphatic rings. The number of aromatic nitrogens is 4. The third-order valence-electron chi connectivity index (χ3n) is 4.46. The van der Waals surface area contributed by atoms with Crippen LogP contribution in [0.3, 0.4) is 0 Å². The molecule has 172 valence electrons. The van der Waals surface area contributed by atoms with E-state index in [-0.39, 0.29) is 5.82 Å². The van der Waals surface area contributed by atoms with Crippen molar-refractivity contribution in [2.24, 2.45) is 0 Å². The van der Waals surface area contributed by atoms with Gasteiger partial charge in [0.05, 0.1) is 27.1 Å². The molecule has 0 aliphatic heterocycles. The fourth-order valence-electron chi connectivity index (χ4n) is 2.88. The fourth-order valence-corrected chi connectivity index (χ4v) is 4.46. The van der Waals surface area contributed by atoms with Gasteiger partial charge in [0, 0.05) is 12.1 Å². The van der Waals surface area contributed by atoms with Crippen molar-refractivity contribution in [3.8, 4) is 28.7 Å². The number of nitrogens with one attached hydrogen (secondary N) is 1. The molecule has 0 amide bonds. The van der Waals surface area contributed by atoms with Gasteiger partial charge in [0.1, 0.15) is 5.82 Å². The number of halogens is 1. The Morgan fingerprint density at radius 3 is 2.36 bits per heavy atom. The Labute approximate surface area is 197 Å². The summed E-state index contributed by atoms with van der Waals surface area (Å²) in [6.45, 7) is 0.529. The van der Waals surface area contributed by atoms with Crippen molar-refractivity contribution in [3.63, 3.8) is 0 Å². The van der Waals surface area contributed by atoms with Crippen LogP contribution in [-0.2, 0) is 12.3 Å². The van der Waals surface area contributed by atoms with Gasteiger partial charge in [0.25, 0.3) is 0 Å². The van der Waals surface area contributed by atoms with E-state index in [0.717, 1.165) is 9.90 Å². The van der Waals surface area contributed by atoms with Gasteiger partial charge < -0.3 is 23.9 Å². The Kier molecular flexibility index (Phi) is 7.25. The molecule has 2 aromatic carbocycles. The molecule has 0 saturated carbocycles. The summed E-state index contributed by atoms with van der Waals surface area (Å²) >= 11 is 2.85. The van der Waals surface area contributed by atoms with Crippen molar-refractivity contribution < 1.29 is 23.0 Å². The van der Waals surface area contributed by atoms with Crippen LogP contribution < -0.4 is 19.5 Å². The molecule has 0 saturated heterocycles. The summed E-state index contributed by atoms with van der Waals surface area (Å²) in [5.74, 6) is 2.43. The lowest BCUT2D eigenvalue weighted by Crippen LogP contribution is -1.98. The third kappa shape index (κ3) is 5.52. The summed E-state index contributed by atoms with van der Waals surface area (Å²) < 4.78 is 35.6. The first-order chi connectivity index (χ1) is 16.1. The zero-order valence-electron chi connectivity index (χ0n) is 18.0. The average Bonchev–Trinajstić information content (AvgIpc) is 3.51. The molecule has 4 rings (SSSR count). The fraction of sp³-hybridized carbons (Fsp3) is 0.238. The van der Waals surface area contributed by atoms with E-state index in [2.05, 4.69) is 25.7 Å². The van der Waals surface area contributed by atoms with Gasteiger partial charge in [-0.15, -0.1) is 20.4 Å². The summed E-state index contributed by atoms with van der Waals surface area (Å²) in [6.07, 6.45) is 0. The van der Waals surface area contributed by atoms with Crippen molar-refractivity contribution in [2.75, 3.05) is 26.6 Å². The molecule has 2 aromatic heterocycles. The van der Waals surface area contributed by atoms with Crippen LogP contribution in [0.5, 0.6) is 17.2 Å². The topological polar surface area (TPSA) is 104 Å². The molecule has 12 heteroatoms. The van der Waals surface area contributed by atoms with Gasteiger partial charge in [-0.05, 0) is 29.8 Å². The van der Waals surface area contributed by atoms with E-state index in [1.54, 1.807) is 45.6 Å². The van der Waals surface area contributed by atoms with E-state index < -0.39 is 0 Å². The summed E-state index contributed by atoms with van der Waals surface area (Å²) in [5, 5.41) is 20.4. The second-order valence-electron chi connectivity index (χ2n) is 6.56. The van der Waals surface area contributed by atoms with Crippen LogP contribution in [0.2, 0.25) is 0 Å². The Hall–Kier alpha value is -3.38. The number of rotatable bonds is 10. The zero-order valence-corrected chi connectivity index (χ0v) is 19.6. The Morgan fingerprint density at radius 1 is 0.970 bits per heavy atom. The Bertz CT molecular complexity index is 1190. The highest BCUT2D eigenvalue weighted by atomic mass is 32.2. The minimum atomic E-state index is -0.261. The molecule has 4 aromatic rings. The molecule has 1 N–H and O–H groups in total. The first-order valence-corrected chi connectivity index (χ1v) is 11.5. The lowest BCUT2D eigenvalue weighted by Gasteiger charge is -2.12. The summed E-state index contributed by atoms with van der Waals surface area (Å²) in [6, 6.07) is 9.79. The van der Waals surface area contributed by atoms with E-state index in [9.17, 15) is 4.39 Å². The smallest absolute Gasteiger partial charge is 0.248 e. The van der Waals surface area contributed by atoms with Gasteiger partial charge in [-0.1, -0.05) is 35.2 Å². The first-order valence-electron chi connectivity index (χ1n) is 9.67. The largest absolute Gasteiger partial charge is 0.493 e. The first kappa shape index (κ1) is 22.8. The Balaban J connectivity index is 1.37. The van der Waals surface area contributed by atoms with Crippen molar-refractivity contribution >= 4 is 28.2 Å². The summed E-state index contributed by atoms with van der Waals surface area (Å²) in [7, 11) is 4.63. The monoisotopic (exact) mass is 489 g/mol. The maximum absolute atomic E-state index is 13.0. The quantitative estimate of drug-likeness (QED) is 0.316. The van der Waals surface area contributed by atoms with Crippen molar-refractivity contribution in [1.29, 1.82) is 0 Å². The van der Waals surface area contributed by atoms with Gasteiger partial charge in [0.2, 0.25) is 22.7 Å². The second-order valence-corrected chi connectivity index (χ2v) is 8.76. The minimum absolute atomic E-state index is 0.261. The number of hydrogen-bond donors (Lipinski definition) is 1. The molecule has 0 unspecified atom stereocenters. The highest BCUT2D eigenvalue weighted by Gasteiger charge is 2.18. The predicted octanol–water partition coefficient (Wildman–Crippen LogP) is 4.66. The lowest BCUT2D eigenvalue weighted by atomic mass is 10.2. The molecule has 0 fully saturated rings. The number of anilines is 1. The molecule has 0 atom stereocenters.